The van der Waals surface area contributed by atoms with Gasteiger partial charge in [0.15, 0.2) is 0 Å². The molecule has 3 heteroatoms. The smallest absolute Gasteiger partial charge is 0.109 e. The Bertz CT molecular complexity index is 250. The minimum Gasteiger partial charge on any atom is -0.315 e. The van der Waals surface area contributed by atoms with Gasteiger partial charge in [-0.2, -0.15) is 5.26 Å². The summed E-state index contributed by atoms with van der Waals surface area (Å²) in [5, 5.41) is 12.9. The number of nitrogens with one attached hydrogen (secondary N) is 1. The first-order valence-corrected chi connectivity index (χ1v) is 6.14. The standard InChI is InChI=1S/C12H21N3/c1-11-3-4-12(9-11,10-13)15-7-2-5-14-6-8-15/h11,14H,2-9H2,1H3. The number of hydrogen-bond donors (Lipinski definition) is 1. The minimum absolute atomic E-state index is 0.133. The quantitative estimate of drug-likeness (QED) is 0.705. The number of rotatable bonds is 1. The van der Waals surface area contributed by atoms with Crippen LogP contribution in [0.15, 0.2) is 0 Å². The molecule has 1 aliphatic heterocycles. The molecule has 1 saturated heterocycles. The summed E-state index contributed by atoms with van der Waals surface area (Å²) < 4.78 is 0. The molecule has 0 bridgehead atoms. The van der Waals surface area contributed by atoms with Gasteiger partial charge in [-0.3, -0.25) is 4.90 Å². The van der Waals surface area contributed by atoms with Crippen LogP contribution >= 0.6 is 0 Å². The second kappa shape index (κ2) is 4.51. The molecule has 0 radical (unpaired) electrons. The predicted octanol–water partition coefficient (Wildman–Crippen LogP) is 1.36. The lowest BCUT2D eigenvalue weighted by molar-refractivity contribution is 0.148. The third kappa shape index (κ3) is 2.16. The third-order valence-electron chi connectivity index (χ3n) is 3.89. The van der Waals surface area contributed by atoms with Crippen molar-refractivity contribution >= 4 is 0 Å². The van der Waals surface area contributed by atoms with Crippen LogP contribution < -0.4 is 5.32 Å². The van der Waals surface area contributed by atoms with E-state index in [4.69, 9.17) is 0 Å². The zero-order valence-corrected chi connectivity index (χ0v) is 9.63. The van der Waals surface area contributed by atoms with Crippen molar-refractivity contribution < 1.29 is 0 Å². The van der Waals surface area contributed by atoms with Crippen molar-refractivity contribution in [3.63, 3.8) is 0 Å². The van der Waals surface area contributed by atoms with E-state index in [9.17, 15) is 5.26 Å². The fourth-order valence-electron chi connectivity index (χ4n) is 3.00. The van der Waals surface area contributed by atoms with Crippen molar-refractivity contribution in [3.05, 3.63) is 0 Å². The van der Waals surface area contributed by atoms with Crippen molar-refractivity contribution in [1.29, 1.82) is 5.26 Å². The van der Waals surface area contributed by atoms with Crippen LogP contribution in [-0.4, -0.2) is 36.6 Å². The maximum Gasteiger partial charge on any atom is 0.109 e. The Kier molecular flexibility index (Phi) is 3.28. The average molecular weight is 207 g/mol. The van der Waals surface area contributed by atoms with Crippen molar-refractivity contribution in [2.75, 3.05) is 26.2 Å². The summed E-state index contributed by atoms with van der Waals surface area (Å²) in [5.41, 5.74) is -0.133. The molecule has 2 unspecified atom stereocenters. The summed E-state index contributed by atoms with van der Waals surface area (Å²) in [4.78, 5) is 2.43. The fourth-order valence-corrected chi connectivity index (χ4v) is 3.00. The predicted molar refractivity (Wildman–Crippen MR) is 60.4 cm³/mol. The van der Waals surface area contributed by atoms with Crippen LogP contribution in [-0.2, 0) is 0 Å². The van der Waals surface area contributed by atoms with Gasteiger partial charge in [-0.15, -0.1) is 0 Å². The van der Waals surface area contributed by atoms with Gasteiger partial charge in [0.05, 0.1) is 6.07 Å². The summed E-state index contributed by atoms with van der Waals surface area (Å²) in [5.74, 6) is 0.723. The Balaban J connectivity index is 2.08. The molecular formula is C12H21N3. The van der Waals surface area contributed by atoms with E-state index in [1.807, 2.05) is 0 Å². The molecule has 2 fully saturated rings. The van der Waals surface area contributed by atoms with Crippen molar-refractivity contribution in [2.24, 2.45) is 5.92 Å². The molecule has 0 aromatic carbocycles. The van der Waals surface area contributed by atoms with Crippen LogP contribution in [0.2, 0.25) is 0 Å². The van der Waals surface area contributed by atoms with Crippen LogP contribution in [0, 0.1) is 17.2 Å². The maximum absolute atomic E-state index is 9.47. The molecule has 0 aromatic heterocycles. The van der Waals surface area contributed by atoms with Gasteiger partial charge in [0.1, 0.15) is 5.54 Å². The van der Waals surface area contributed by atoms with E-state index in [-0.39, 0.29) is 5.54 Å². The van der Waals surface area contributed by atoms with E-state index in [2.05, 4.69) is 23.2 Å². The molecule has 0 spiro atoms. The van der Waals surface area contributed by atoms with Gasteiger partial charge >= 0.3 is 0 Å². The molecule has 1 heterocycles. The molecule has 2 atom stereocenters. The van der Waals surface area contributed by atoms with E-state index in [0.29, 0.717) is 0 Å². The van der Waals surface area contributed by atoms with E-state index < -0.39 is 0 Å². The monoisotopic (exact) mass is 207 g/mol. The minimum atomic E-state index is -0.133. The molecule has 1 saturated carbocycles. The van der Waals surface area contributed by atoms with Gasteiger partial charge in [-0.05, 0) is 38.1 Å². The average Bonchev–Trinajstić information content (AvgIpc) is 2.49. The fraction of sp³-hybridized carbons (Fsp3) is 0.917. The van der Waals surface area contributed by atoms with Gasteiger partial charge in [-0.25, -0.2) is 0 Å². The number of nitrogens with zero attached hydrogens (tertiary/aromatic N) is 2. The number of nitriles is 1. The first-order chi connectivity index (χ1) is 7.27. The topological polar surface area (TPSA) is 39.1 Å². The zero-order chi connectivity index (χ0) is 10.7. The molecule has 1 N–H and O–H groups in total. The van der Waals surface area contributed by atoms with Gasteiger partial charge in [0, 0.05) is 19.6 Å². The van der Waals surface area contributed by atoms with Gasteiger partial charge in [0.25, 0.3) is 0 Å². The SMILES string of the molecule is CC1CCC(C#N)(N2CCCNCC2)C1. The molecule has 0 amide bonds. The molecule has 3 nitrogen and oxygen atoms in total. The van der Waals surface area contributed by atoms with Crippen LogP contribution in [0.4, 0.5) is 0 Å². The van der Waals surface area contributed by atoms with Gasteiger partial charge < -0.3 is 5.32 Å². The zero-order valence-electron chi connectivity index (χ0n) is 9.63. The first-order valence-electron chi connectivity index (χ1n) is 6.14. The number of hydrogen-bond acceptors (Lipinski definition) is 3. The summed E-state index contributed by atoms with van der Waals surface area (Å²) in [6, 6.07) is 2.60. The van der Waals surface area contributed by atoms with Crippen LogP contribution in [0.5, 0.6) is 0 Å². The Labute approximate surface area is 92.4 Å². The third-order valence-corrected chi connectivity index (χ3v) is 3.89. The lowest BCUT2D eigenvalue weighted by atomic mass is 9.95. The maximum atomic E-state index is 9.47. The second-order valence-corrected chi connectivity index (χ2v) is 5.08. The molecule has 2 aliphatic rings. The Morgan fingerprint density at radius 1 is 1.40 bits per heavy atom. The van der Waals surface area contributed by atoms with E-state index in [1.165, 1.54) is 12.8 Å². The Morgan fingerprint density at radius 3 is 2.93 bits per heavy atom. The largest absolute Gasteiger partial charge is 0.315 e. The summed E-state index contributed by atoms with van der Waals surface area (Å²) in [6.07, 6.45) is 4.55. The summed E-state index contributed by atoms with van der Waals surface area (Å²) >= 11 is 0. The highest BCUT2D eigenvalue weighted by molar-refractivity contribution is 5.12. The van der Waals surface area contributed by atoms with E-state index >= 15 is 0 Å². The summed E-state index contributed by atoms with van der Waals surface area (Å²) in [6.45, 7) is 6.55. The molecule has 1 aliphatic carbocycles. The molecule has 84 valence electrons. The normalized spacial score (nSPS) is 38.5. The first kappa shape index (κ1) is 10.9. The van der Waals surface area contributed by atoms with E-state index in [0.717, 1.165) is 44.9 Å². The summed E-state index contributed by atoms with van der Waals surface area (Å²) in [7, 11) is 0. The Morgan fingerprint density at radius 2 is 2.27 bits per heavy atom. The lowest BCUT2D eigenvalue weighted by Crippen LogP contribution is -2.47. The molecule has 0 aromatic rings. The van der Waals surface area contributed by atoms with Crippen molar-refractivity contribution in [1.82, 2.24) is 10.2 Å². The van der Waals surface area contributed by atoms with Gasteiger partial charge in [-0.1, -0.05) is 6.92 Å². The molecule has 2 rings (SSSR count). The van der Waals surface area contributed by atoms with Crippen LogP contribution in [0.3, 0.4) is 0 Å². The highest BCUT2D eigenvalue weighted by Crippen LogP contribution is 2.38. The lowest BCUT2D eigenvalue weighted by Gasteiger charge is -2.35. The van der Waals surface area contributed by atoms with Crippen LogP contribution in [0.1, 0.15) is 32.6 Å². The van der Waals surface area contributed by atoms with Crippen molar-refractivity contribution in [3.8, 4) is 6.07 Å². The highest BCUT2D eigenvalue weighted by atomic mass is 15.2. The highest BCUT2D eigenvalue weighted by Gasteiger charge is 2.42. The van der Waals surface area contributed by atoms with Crippen LogP contribution in [0.25, 0.3) is 0 Å². The Hall–Kier alpha value is -0.590. The molecule has 15 heavy (non-hydrogen) atoms. The van der Waals surface area contributed by atoms with Crippen molar-refractivity contribution in [2.45, 2.75) is 38.1 Å². The van der Waals surface area contributed by atoms with E-state index in [1.54, 1.807) is 0 Å². The van der Waals surface area contributed by atoms with Gasteiger partial charge in [0.2, 0.25) is 0 Å². The second-order valence-electron chi connectivity index (χ2n) is 5.08. The molecular weight excluding hydrogens is 186 g/mol.